The lowest BCUT2D eigenvalue weighted by atomic mass is 10.2. The highest BCUT2D eigenvalue weighted by atomic mass is 16.1. The quantitative estimate of drug-likeness (QED) is 0.713. The number of rotatable bonds is 2. The number of hydrogen-bond acceptors (Lipinski definition) is 6. The predicted molar refractivity (Wildman–Crippen MR) is 68.4 cm³/mol. The number of nitrogens with two attached hydrogens (primary N) is 2. The molecule has 0 bridgehead atoms. The Kier molecular flexibility index (Phi) is 3.05. The van der Waals surface area contributed by atoms with Crippen LogP contribution in [0.5, 0.6) is 0 Å². The smallest absolute Gasteiger partial charge is 0.225 e. The molecule has 0 saturated carbocycles. The average Bonchev–Trinajstić information content (AvgIpc) is 2.27. The summed E-state index contributed by atoms with van der Waals surface area (Å²) in [4.78, 5) is 22.6. The second kappa shape index (κ2) is 4.66. The van der Waals surface area contributed by atoms with E-state index in [4.69, 9.17) is 11.5 Å². The van der Waals surface area contributed by atoms with E-state index in [9.17, 15) is 4.79 Å². The van der Waals surface area contributed by atoms with E-state index < -0.39 is 0 Å². The molecule has 0 aliphatic carbocycles. The van der Waals surface area contributed by atoms with Gasteiger partial charge in [-0.05, 0) is 12.1 Å². The molecule has 0 radical (unpaired) electrons. The first kappa shape index (κ1) is 11.8. The molecule has 0 aliphatic heterocycles. The van der Waals surface area contributed by atoms with Crippen molar-refractivity contribution < 1.29 is 4.79 Å². The number of aromatic nitrogens is 3. The Hall–Kier alpha value is -2.70. The van der Waals surface area contributed by atoms with E-state index in [-0.39, 0.29) is 17.8 Å². The van der Waals surface area contributed by atoms with Crippen molar-refractivity contribution in [3.8, 4) is 11.4 Å². The van der Waals surface area contributed by atoms with Crippen LogP contribution in [0.25, 0.3) is 11.4 Å². The Bertz CT molecular complexity index is 578. The molecule has 7 heteroatoms. The van der Waals surface area contributed by atoms with Gasteiger partial charge in [0.15, 0.2) is 5.82 Å². The second-order valence-corrected chi connectivity index (χ2v) is 3.64. The van der Waals surface area contributed by atoms with Gasteiger partial charge in [0.2, 0.25) is 17.8 Å². The zero-order valence-electron chi connectivity index (χ0n) is 9.71. The van der Waals surface area contributed by atoms with Gasteiger partial charge in [0.1, 0.15) is 0 Å². The normalized spacial score (nSPS) is 10.1. The highest BCUT2D eigenvalue weighted by Gasteiger charge is 2.06. The van der Waals surface area contributed by atoms with Crippen LogP contribution in [0.1, 0.15) is 6.92 Å². The highest BCUT2D eigenvalue weighted by Crippen LogP contribution is 2.20. The number of carbonyl (C=O) groups is 1. The molecule has 2 rings (SSSR count). The van der Waals surface area contributed by atoms with Crippen LogP contribution in [0.15, 0.2) is 24.3 Å². The summed E-state index contributed by atoms with van der Waals surface area (Å²) >= 11 is 0. The van der Waals surface area contributed by atoms with Crippen LogP contribution in [-0.4, -0.2) is 20.9 Å². The van der Waals surface area contributed by atoms with E-state index >= 15 is 0 Å². The third kappa shape index (κ3) is 2.70. The van der Waals surface area contributed by atoms with E-state index in [1.165, 1.54) is 6.92 Å². The largest absolute Gasteiger partial charge is 0.368 e. The van der Waals surface area contributed by atoms with Crippen molar-refractivity contribution in [2.45, 2.75) is 6.92 Å². The molecule has 0 fully saturated rings. The highest BCUT2D eigenvalue weighted by molar-refractivity contribution is 5.89. The van der Waals surface area contributed by atoms with Crippen molar-refractivity contribution in [1.82, 2.24) is 15.0 Å². The summed E-state index contributed by atoms with van der Waals surface area (Å²) in [5.74, 6) is 0.332. The fourth-order valence-corrected chi connectivity index (χ4v) is 1.48. The Morgan fingerprint density at radius 3 is 2.44 bits per heavy atom. The molecular weight excluding hydrogens is 232 g/mol. The number of amides is 1. The van der Waals surface area contributed by atoms with Gasteiger partial charge in [-0.25, -0.2) is 0 Å². The van der Waals surface area contributed by atoms with E-state index in [0.29, 0.717) is 17.1 Å². The van der Waals surface area contributed by atoms with Gasteiger partial charge in [-0.15, -0.1) is 0 Å². The Morgan fingerprint density at radius 1 is 1.17 bits per heavy atom. The molecule has 1 amide bonds. The molecule has 7 nitrogen and oxygen atoms in total. The molecule has 92 valence electrons. The summed E-state index contributed by atoms with van der Waals surface area (Å²) in [5, 5.41) is 2.67. The van der Waals surface area contributed by atoms with Gasteiger partial charge in [-0.3, -0.25) is 4.79 Å². The summed E-state index contributed by atoms with van der Waals surface area (Å²) < 4.78 is 0. The predicted octanol–water partition coefficient (Wildman–Crippen LogP) is 0.661. The molecule has 0 unspecified atom stereocenters. The van der Waals surface area contributed by atoms with Gasteiger partial charge in [0, 0.05) is 18.2 Å². The zero-order chi connectivity index (χ0) is 13.1. The van der Waals surface area contributed by atoms with E-state index in [1.807, 2.05) is 0 Å². The van der Waals surface area contributed by atoms with Crippen LogP contribution in [0, 0.1) is 0 Å². The molecule has 1 aromatic heterocycles. The van der Waals surface area contributed by atoms with Gasteiger partial charge in [0.05, 0.1) is 0 Å². The van der Waals surface area contributed by atoms with E-state index in [2.05, 4.69) is 20.3 Å². The van der Waals surface area contributed by atoms with Gasteiger partial charge in [-0.2, -0.15) is 15.0 Å². The maximum atomic E-state index is 11.0. The maximum Gasteiger partial charge on any atom is 0.225 e. The Morgan fingerprint density at radius 2 is 1.83 bits per heavy atom. The van der Waals surface area contributed by atoms with Crippen molar-refractivity contribution in [2.24, 2.45) is 0 Å². The molecule has 0 saturated heterocycles. The monoisotopic (exact) mass is 244 g/mol. The number of nitrogens with zero attached hydrogens (tertiary/aromatic N) is 3. The van der Waals surface area contributed by atoms with Gasteiger partial charge in [0.25, 0.3) is 0 Å². The number of hydrogen-bond donors (Lipinski definition) is 3. The zero-order valence-corrected chi connectivity index (χ0v) is 9.71. The van der Waals surface area contributed by atoms with Crippen molar-refractivity contribution >= 4 is 23.5 Å². The molecule has 1 aromatic carbocycles. The minimum absolute atomic E-state index is 0.0578. The van der Waals surface area contributed by atoms with Gasteiger partial charge < -0.3 is 16.8 Å². The first-order chi connectivity index (χ1) is 8.54. The Labute approximate surface area is 103 Å². The topological polar surface area (TPSA) is 120 Å². The number of anilines is 3. The molecule has 0 atom stereocenters. The van der Waals surface area contributed by atoms with Crippen molar-refractivity contribution in [1.29, 1.82) is 0 Å². The summed E-state index contributed by atoms with van der Waals surface area (Å²) in [7, 11) is 0. The minimum Gasteiger partial charge on any atom is -0.368 e. The van der Waals surface area contributed by atoms with E-state index in [1.54, 1.807) is 24.3 Å². The summed E-state index contributed by atoms with van der Waals surface area (Å²) in [6, 6.07) is 7.06. The lowest BCUT2D eigenvalue weighted by molar-refractivity contribution is -0.114. The van der Waals surface area contributed by atoms with Gasteiger partial charge in [-0.1, -0.05) is 12.1 Å². The first-order valence-electron chi connectivity index (χ1n) is 5.19. The molecule has 0 spiro atoms. The van der Waals surface area contributed by atoms with Crippen LogP contribution in [0.2, 0.25) is 0 Å². The summed E-state index contributed by atoms with van der Waals surface area (Å²) in [6.45, 7) is 1.44. The van der Waals surface area contributed by atoms with Gasteiger partial charge >= 0.3 is 0 Å². The van der Waals surface area contributed by atoms with Crippen LogP contribution >= 0.6 is 0 Å². The van der Waals surface area contributed by atoms with Crippen LogP contribution in [0.3, 0.4) is 0 Å². The van der Waals surface area contributed by atoms with Crippen LogP contribution < -0.4 is 16.8 Å². The van der Waals surface area contributed by atoms with Crippen molar-refractivity contribution in [2.75, 3.05) is 16.8 Å². The average molecular weight is 244 g/mol. The van der Waals surface area contributed by atoms with Crippen LogP contribution in [-0.2, 0) is 4.79 Å². The summed E-state index contributed by atoms with van der Waals surface area (Å²) in [6.07, 6.45) is 0. The summed E-state index contributed by atoms with van der Waals surface area (Å²) in [5.41, 5.74) is 12.4. The molecule has 18 heavy (non-hydrogen) atoms. The second-order valence-electron chi connectivity index (χ2n) is 3.64. The SMILES string of the molecule is CC(=O)Nc1cccc(-c2nc(N)nc(N)n2)c1. The fourth-order valence-electron chi connectivity index (χ4n) is 1.48. The van der Waals surface area contributed by atoms with E-state index in [0.717, 1.165) is 0 Å². The lowest BCUT2D eigenvalue weighted by Crippen LogP contribution is -2.06. The number of nitrogen functional groups attached to an aromatic ring is 2. The Balaban J connectivity index is 2.41. The molecule has 2 aromatic rings. The molecular formula is C11H12N6O. The van der Waals surface area contributed by atoms with Crippen molar-refractivity contribution in [3.05, 3.63) is 24.3 Å². The first-order valence-corrected chi connectivity index (χ1v) is 5.19. The molecule has 5 N–H and O–H groups in total. The third-order valence-corrected chi connectivity index (χ3v) is 2.11. The standard InChI is InChI=1S/C11H12N6O/c1-6(18)14-8-4-2-3-7(5-8)9-15-10(12)17-11(13)16-9/h2-5H,1H3,(H,14,18)(H4,12,13,15,16,17). The minimum atomic E-state index is -0.151. The number of benzene rings is 1. The number of carbonyl (C=O) groups excluding carboxylic acids is 1. The third-order valence-electron chi connectivity index (χ3n) is 2.11. The maximum absolute atomic E-state index is 11.0. The number of nitrogens with one attached hydrogen (secondary N) is 1. The fraction of sp³-hybridized carbons (Fsp3) is 0.0909. The van der Waals surface area contributed by atoms with Crippen LogP contribution in [0.4, 0.5) is 17.6 Å². The lowest BCUT2D eigenvalue weighted by Gasteiger charge is -2.05. The van der Waals surface area contributed by atoms with Crippen molar-refractivity contribution in [3.63, 3.8) is 0 Å². The molecule has 0 aliphatic rings. The molecule has 1 heterocycles.